The minimum atomic E-state index is -0.482. The van der Waals surface area contributed by atoms with Crippen molar-refractivity contribution < 1.29 is 9.90 Å². The lowest BCUT2D eigenvalue weighted by molar-refractivity contribution is 0.102. The van der Waals surface area contributed by atoms with Gasteiger partial charge >= 0.3 is 0 Å². The second-order valence-electron chi connectivity index (χ2n) is 4.41. The highest BCUT2D eigenvalue weighted by Crippen LogP contribution is 2.35. The van der Waals surface area contributed by atoms with Crippen molar-refractivity contribution in [3.63, 3.8) is 0 Å². The van der Waals surface area contributed by atoms with Crippen molar-refractivity contribution in [2.75, 3.05) is 10.7 Å². The Bertz CT molecular complexity index is 798. The molecule has 0 aliphatic carbocycles. The van der Waals surface area contributed by atoms with E-state index >= 15 is 0 Å². The summed E-state index contributed by atoms with van der Waals surface area (Å²) in [5.74, 6) is 5.07. The molecule has 3 rings (SSSR count). The molecule has 3 aromatic rings. The van der Waals surface area contributed by atoms with Gasteiger partial charge in [-0.25, -0.2) is 4.98 Å². The van der Waals surface area contributed by atoms with Crippen molar-refractivity contribution in [3.8, 4) is 5.75 Å². The van der Waals surface area contributed by atoms with Crippen LogP contribution in [0.2, 0.25) is 0 Å². The van der Waals surface area contributed by atoms with Gasteiger partial charge in [0, 0.05) is 17.8 Å². The molecule has 21 heavy (non-hydrogen) atoms. The number of amides is 1. The summed E-state index contributed by atoms with van der Waals surface area (Å²) in [6.07, 6.45) is 3.10. The van der Waals surface area contributed by atoms with E-state index in [-0.39, 0.29) is 11.3 Å². The second-order valence-corrected chi connectivity index (χ2v) is 4.41. The smallest absolute Gasteiger partial charge is 0.261 e. The number of phenolic OH excluding ortho intramolecular Hbond substituents is 1. The molecule has 6 N–H and O–H groups in total. The van der Waals surface area contributed by atoms with Crippen molar-refractivity contribution in [2.45, 2.75) is 0 Å². The van der Waals surface area contributed by atoms with Crippen LogP contribution >= 0.6 is 0 Å². The summed E-state index contributed by atoms with van der Waals surface area (Å²) in [6.45, 7) is 0. The number of aromatic amines is 1. The number of fused-ring (bicyclic) bond motifs is 1. The number of H-pyrrole nitrogens is 1. The third-order valence-corrected chi connectivity index (χ3v) is 3.14. The monoisotopic (exact) mass is 283 g/mol. The van der Waals surface area contributed by atoms with Crippen molar-refractivity contribution >= 4 is 28.3 Å². The van der Waals surface area contributed by atoms with Crippen LogP contribution in [0.4, 0.5) is 11.6 Å². The molecule has 0 saturated heterocycles. The number of aromatic hydroxyl groups is 1. The molecule has 0 unspecified atom stereocenters. The Balaban J connectivity index is 2.09. The number of hydrogen-bond donors (Lipinski definition) is 5. The van der Waals surface area contributed by atoms with Crippen LogP contribution in [0.5, 0.6) is 5.75 Å². The third kappa shape index (κ3) is 2.26. The van der Waals surface area contributed by atoms with Gasteiger partial charge in [-0.2, -0.15) is 0 Å². The fraction of sp³-hybridized carbons (Fsp3) is 0. The number of hydrazine groups is 1. The van der Waals surface area contributed by atoms with Crippen LogP contribution in [-0.4, -0.2) is 21.0 Å². The Labute approximate surface area is 119 Å². The van der Waals surface area contributed by atoms with Crippen molar-refractivity contribution in [1.82, 2.24) is 9.97 Å². The molecule has 0 spiro atoms. The largest absolute Gasteiger partial charge is 0.505 e. The maximum Gasteiger partial charge on any atom is 0.261 e. The number of nitrogens with two attached hydrogens (primary N) is 1. The number of nitrogen functional groups attached to an aromatic ring is 1. The Morgan fingerprint density at radius 1 is 1.33 bits per heavy atom. The predicted molar refractivity (Wildman–Crippen MR) is 80.0 cm³/mol. The number of phenols is 1. The molecule has 0 radical (unpaired) electrons. The lowest BCUT2D eigenvalue weighted by Gasteiger charge is -2.12. The SMILES string of the molecule is NNc1c(O)c(C(=O)Nc2ncc[nH]2)cc2ccccc12. The Hall–Kier alpha value is -3.06. The highest BCUT2D eigenvalue weighted by atomic mass is 16.3. The van der Waals surface area contributed by atoms with Crippen LogP contribution in [-0.2, 0) is 0 Å². The van der Waals surface area contributed by atoms with Gasteiger partial charge in [-0.1, -0.05) is 24.3 Å². The van der Waals surface area contributed by atoms with Gasteiger partial charge in [0.25, 0.3) is 5.91 Å². The normalized spacial score (nSPS) is 10.5. The molecular formula is C14H13N5O2. The molecule has 0 atom stereocenters. The molecule has 2 aromatic carbocycles. The number of carbonyl (C=O) groups is 1. The van der Waals surface area contributed by atoms with Crippen molar-refractivity contribution in [1.29, 1.82) is 0 Å². The van der Waals surface area contributed by atoms with E-state index < -0.39 is 5.91 Å². The second kappa shape index (κ2) is 5.14. The van der Waals surface area contributed by atoms with E-state index in [2.05, 4.69) is 20.7 Å². The molecule has 0 bridgehead atoms. The summed E-state index contributed by atoms with van der Waals surface area (Å²) in [6, 6.07) is 8.90. The van der Waals surface area contributed by atoms with Gasteiger partial charge in [0.1, 0.15) is 0 Å². The van der Waals surface area contributed by atoms with Gasteiger partial charge in [-0.05, 0) is 11.5 Å². The number of benzene rings is 2. The zero-order valence-corrected chi connectivity index (χ0v) is 10.9. The van der Waals surface area contributed by atoms with Crippen LogP contribution in [0, 0.1) is 0 Å². The first-order valence-electron chi connectivity index (χ1n) is 6.22. The maximum absolute atomic E-state index is 12.2. The van der Waals surface area contributed by atoms with Gasteiger partial charge in [0.2, 0.25) is 5.95 Å². The molecule has 106 valence electrons. The van der Waals surface area contributed by atoms with E-state index in [1.807, 2.05) is 18.2 Å². The van der Waals surface area contributed by atoms with E-state index in [0.717, 1.165) is 10.8 Å². The third-order valence-electron chi connectivity index (χ3n) is 3.14. The molecule has 1 heterocycles. The van der Waals surface area contributed by atoms with Crippen molar-refractivity contribution in [3.05, 3.63) is 48.3 Å². The van der Waals surface area contributed by atoms with E-state index in [1.165, 1.54) is 6.20 Å². The molecule has 7 heteroatoms. The molecule has 0 aliphatic rings. The predicted octanol–water partition coefficient (Wildman–Crippen LogP) is 1.81. The highest BCUT2D eigenvalue weighted by molar-refractivity contribution is 6.11. The summed E-state index contributed by atoms with van der Waals surface area (Å²) in [5, 5.41) is 14.3. The van der Waals surface area contributed by atoms with E-state index in [4.69, 9.17) is 5.84 Å². The summed E-state index contributed by atoms with van der Waals surface area (Å²) in [4.78, 5) is 18.9. The number of nitrogens with one attached hydrogen (secondary N) is 3. The van der Waals surface area contributed by atoms with Crippen LogP contribution < -0.4 is 16.6 Å². The van der Waals surface area contributed by atoms with Gasteiger partial charge < -0.3 is 15.5 Å². The zero-order chi connectivity index (χ0) is 14.8. The van der Waals surface area contributed by atoms with Gasteiger partial charge in [-0.3, -0.25) is 16.0 Å². The molecule has 0 fully saturated rings. The highest BCUT2D eigenvalue weighted by Gasteiger charge is 2.18. The Morgan fingerprint density at radius 3 is 2.86 bits per heavy atom. The minimum absolute atomic E-state index is 0.109. The maximum atomic E-state index is 12.2. The molecule has 0 saturated carbocycles. The number of imidazole rings is 1. The van der Waals surface area contributed by atoms with Gasteiger partial charge in [0.15, 0.2) is 5.75 Å². The lowest BCUT2D eigenvalue weighted by Crippen LogP contribution is -2.15. The topological polar surface area (TPSA) is 116 Å². The van der Waals surface area contributed by atoms with Crippen LogP contribution in [0.15, 0.2) is 42.7 Å². The van der Waals surface area contributed by atoms with Crippen LogP contribution in [0.3, 0.4) is 0 Å². The number of rotatable bonds is 3. The molecule has 7 nitrogen and oxygen atoms in total. The summed E-state index contributed by atoms with van der Waals surface area (Å²) >= 11 is 0. The Kier molecular flexibility index (Phi) is 3.17. The van der Waals surface area contributed by atoms with Crippen molar-refractivity contribution in [2.24, 2.45) is 5.84 Å². The summed E-state index contributed by atoms with van der Waals surface area (Å²) in [7, 11) is 0. The number of hydrogen-bond acceptors (Lipinski definition) is 5. The minimum Gasteiger partial charge on any atom is -0.505 e. The first-order valence-corrected chi connectivity index (χ1v) is 6.22. The van der Waals surface area contributed by atoms with E-state index in [0.29, 0.717) is 11.6 Å². The van der Waals surface area contributed by atoms with E-state index in [1.54, 1.807) is 18.3 Å². The van der Waals surface area contributed by atoms with Crippen LogP contribution in [0.25, 0.3) is 10.8 Å². The Morgan fingerprint density at radius 2 is 2.14 bits per heavy atom. The number of nitrogens with zero attached hydrogens (tertiary/aromatic N) is 1. The summed E-state index contributed by atoms with van der Waals surface area (Å²) < 4.78 is 0. The fourth-order valence-electron chi connectivity index (χ4n) is 2.16. The van der Waals surface area contributed by atoms with Gasteiger partial charge in [0.05, 0.1) is 11.3 Å². The molecule has 0 aliphatic heterocycles. The first kappa shape index (κ1) is 12.9. The number of anilines is 2. The quantitative estimate of drug-likeness (QED) is 0.285. The molecule has 1 aromatic heterocycles. The average molecular weight is 283 g/mol. The first-order chi connectivity index (χ1) is 10.2. The van der Waals surface area contributed by atoms with Gasteiger partial charge in [-0.15, -0.1) is 0 Å². The zero-order valence-electron chi connectivity index (χ0n) is 10.9. The number of aromatic nitrogens is 2. The van der Waals surface area contributed by atoms with E-state index in [9.17, 15) is 9.90 Å². The number of carbonyl (C=O) groups excluding carboxylic acids is 1. The fourth-order valence-corrected chi connectivity index (χ4v) is 2.16. The molecular weight excluding hydrogens is 270 g/mol. The summed E-state index contributed by atoms with van der Waals surface area (Å²) in [5.41, 5.74) is 2.85. The molecule has 1 amide bonds. The standard InChI is InChI=1S/C14H13N5O2/c15-19-11-9-4-2-1-3-8(9)7-10(12(11)20)13(21)18-14-16-5-6-17-14/h1-7,19-20H,15H2,(H2,16,17,18,21). The lowest BCUT2D eigenvalue weighted by atomic mass is 10.0. The average Bonchev–Trinajstić information content (AvgIpc) is 2.99. The van der Waals surface area contributed by atoms with Crippen LogP contribution in [0.1, 0.15) is 10.4 Å².